The number of nitrogens with zero attached hydrogens (tertiary/aromatic N) is 2. The molecule has 0 saturated heterocycles. The van der Waals surface area contributed by atoms with E-state index in [9.17, 15) is 5.11 Å². The van der Waals surface area contributed by atoms with Crippen molar-refractivity contribution in [1.29, 1.82) is 0 Å². The van der Waals surface area contributed by atoms with Gasteiger partial charge in [-0.2, -0.15) is 5.10 Å². The quantitative estimate of drug-likeness (QED) is 0.902. The van der Waals surface area contributed by atoms with E-state index in [2.05, 4.69) is 51.9 Å². The maximum atomic E-state index is 10.5. The van der Waals surface area contributed by atoms with Gasteiger partial charge in [0.2, 0.25) is 5.88 Å². The number of aromatic hydroxyl groups is 1. The molecule has 0 fully saturated rings. The summed E-state index contributed by atoms with van der Waals surface area (Å²) in [4.78, 5) is 0. The number of hydrogen-bond donors (Lipinski definition) is 1. The van der Waals surface area contributed by atoms with Crippen LogP contribution < -0.4 is 0 Å². The van der Waals surface area contributed by atoms with Gasteiger partial charge in [-0.1, -0.05) is 33.3 Å². The van der Waals surface area contributed by atoms with Crippen LogP contribution in [-0.4, -0.2) is 14.9 Å². The summed E-state index contributed by atoms with van der Waals surface area (Å²) < 4.78 is 1.67. The number of rotatable bonds is 4. The molecule has 1 N–H and O–H groups in total. The Bertz CT molecular complexity index is 612. The molecule has 0 saturated carbocycles. The van der Waals surface area contributed by atoms with Gasteiger partial charge in [-0.15, -0.1) is 0 Å². The van der Waals surface area contributed by atoms with E-state index in [1.807, 2.05) is 6.07 Å². The highest BCUT2D eigenvalue weighted by Crippen LogP contribution is 2.32. The smallest absolute Gasteiger partial charge is 0.217 e. The Hall–Kier alpha value is -1.77. The van der Waals surface area contributed by atoms with Crippen molar-refractivity contribution in [3.63, 3.8) is 0 Å². The predicted octanol–water partition coefficient (Wildman–Crippen LogP) is 4.27. The molecule has 3 heteroatoms. The summed E-state index contributed by atoms with van der Waals surface area (Å²) in [5, 5.41) is 15.1. The Morgan fingerprint density at radius 3 is 2.45 bits per heavy atom. The minimum absolute atomic E-state index is 0.275. The molecule has 0 unspecified atom stereocenters. The lowest BCUT2D eigenvalue weighted by Crippen LogP contribution is -1.98. The van der Waals surface area contributed by atoms with Gasteiger partial charge in [0.25, 0.3) is 0 Å². The van der Waals surface area contributed by atoms with E-state index in [0.29, 0.717) is 0 Å². The second-order valence-electron chi connectivity index (χ2n) is 5.77. The minimum Gasteiger partial charge on any atom is -0.493 e. The normalized spacial score (nSPS) is 11.3. The molecule has 2 rings (SSSR count). The standard InChI is InChI=1S/C17H24N2O/c1-6-7-15-16(11(2)3)17(20)19(18-15)14-9-8-12(4)13(5)10-14/h8-11,20H,6-7H2,1-5H3. The zero-order chi connectivity index (χ0) is 14.9. The maximum absolute atomic E-state index is 10.5. The summed E-state index contributed by atoms with van der Waals surface area (Å²) in [5.74, 6) is 0.559. The van der Waals surface area contributed by atoms with Crippen LogP contribution in [0.2, 0.25) is 0 Å². The first-order valence-corrected chi connectivity index (χ1v) is 7.34. The summed E-state index contributed by atoms with van der Waals surface area (Å²) in [7, 11) is 0. The van der Waals surface area contributed by atoms with Crippen molar-refractivity contribution in [3.05, 3.63) is 40.6 Å². The first-order valence-electron chi connectivity index (χ1n) is 7.34. The van der Waals surface area contributed by atoms with E-state index in [0.717, 1.165) is 29.8 Å². The molecular formula is C17H24N2O. The summed E-state index contributed by atoms with van der Waals surface area (Å²) in [6, 6.07) is 6.15. The molecule has 1 heterocycles. The average Bonchev–Trinajstić information content (AvgIpc) is 2.70. The lowest BCUT2D eigenvalue weighted by Gasteiger charge is -2.08. The lowest BCUT2D eigenvalue weighted by molar-refractivity contribution is 0.425. The zero-order valence-corrected chi connectivity index (χ0v) is 13.1. The van der Waals surface area contributed by atoms with Crippen molar-refractivity contribution in [3.8, 4) is 11.6 Å². The molecule has 0 atom stereocenters. The monoisotopic (exact) mass is 272 g/mol. The average molecular weight is 272 g/mol. The molecule has 1 aromatic heterocycles. The first-order chi connectivity index (χ1) is 9.45. The SMILES string of the molecule is CCCc1nn(-c2ccc(C)c(C)c2)c(O)c1C(C)C. The molecule has 0 aliphatic heterocycles. The van der Waals surface area contributed by atoms with Gasteiger partial charge in [-0.25, -0.2) is 4.68 Å². The van der Waals surface area contributed by atoms with Gasteiger partial charge in [-0.05, 0) is 49.4 Å². The van der Waals surface area contributed by atoms with E-state index < -0.39 is 0 Å². The second kappa shape index (κ2) is 5.70. The zero-order valence-electron chi connectivity index (χ0n) is 13.1. The van der Waals surface area contributed by atoms with Crippen molar-refractivity contribution < 1.29 is 5.11 Å². The van der Waals surface area contributed by atoms with E-state index in [1.165, 1.54) is 11.1 Å². The number of aryl methyl sites for hydroxylation is 3. The molecule has 0 aliphatic rings. The molecule has 0 radical (unpaired) electrons. The van der Waals surface area contributed by atoms with E-state index >= 15 is 0 Å². The van der Waals surface area contributed by atoms with Gasteiger partial charge in [0.15, 0.2) is 0 Å². The van der Waals surface area contributed by atoms with Gasteiger partial charge >= 0.3 is 0 Å². The van der Waals surface area contributed by atoms with Gasteiger partial charge < -0.3 is 5.11 Å². The molecule has 0 amide bonds. The third-order valence-corrected chi connectivity index (χ3v) is 3.77. The van der Waals surface area contributed by atoms with Crippen LogP contribution in [0.4, 0.5) is 0 Å². The largest absolute Gasteiger partial charge is 0.493 e. The Kier molecular flexibility index (Phi) is 4.17. The van der Waals surface area contributed by atoms with Crippen molar-refractivity contribution >= 4 is 0 Å². The first kappa shape index (κ1) is 14.6. The van der Waals surface area contributed by atoms with Crippen molar-refractivity contribution in [1.82, 2.24) is 9.78 Å². The Labute approximate surface area is 121 Å². The van der Waals surface area contributed by atoms with Crippen molar-refractivity contribution in [2.24, 2.45) is 0 Å². The van der Waals surface area contributed by atoms with Crippen LogP contribution in [0.3, 0.4) is 0 Å². The molecule has 1 aromatic carbocycles. The van der Waals surface area contributed by atoms with E-state index in [-0.39, 0.29) is 11.8 Å². The minimum atomic E-state index is 0.275. The van der Waals surface area contributed by atoms with Crippen LogP contribution in [0, 0.1) is 13.8 Å². The summed E-state index contributed by atoms with van der Waals surface area (Å²) in [6.45, 7) is 10.5. The van der Waals surface area contributed by atoms with Crippen LogP contribution >= 0.6 is 0 Å². The number of aromatic nitrogens is 2. The Morgan fingerprint density at radius 1 is 1.20 bits per heavy atom. The predicted molar refractivity (Wildman–Crippen MR) is 82.8 cm³/mol. The fraction of sp³-hybridized carbons (Fsp3) is 0.471. The lowest BCUT2D eigenvalue weighted by atomic mass is 10.0. The third-order valence-electron chi connectivity index (χ3n) is 3.77. The van der Waals surface area contributed by atoms with Crippen molar-refractivity contribution in [2.75, 3.05) is 0 Å². The Morgan fingerprint density at radius 2 is 1.90 bits per heavy atom. The van der Waals surface area contributed by atoms with Crippen LogP contribution in [0.1, 0.15) is 55.5 Å². The maximum Gasteiger partial charge on any atom is 0.217 e. The van der Waals surface area contributed by atoms with E-state index in [4.69, 9.17) is 0 Å². The van der Waals surface area contributed by atoms with Gasteiger partial charge in [-0.3, -0.25) is 0 Å². The fourth-order valence-corrected chi connectivity index (χ4v) is 2.52. The van der Waals surface area contributed by atoms with Gasteiger partial charge in [0.1, 0.15) is 0 Å². The molecular weight excluding hydrogens is 248 g/mol. The Balaban J connectivity index is 2.56. The van der Waals surface area contributed by atoms with Crippen LogP contribution in [0.15, 0.2) is 18.2 Å². The topological polar surface area (TPSA) is 38.0 Å². The number of hydrogen-bond acceptors (Lipinski definition) is 2. The van der Waals surface area contributed by atoms with Gasteiger partial charge in [0, 0.05) is 5.56 Å². The van der Waals surface area contributed by atoms with Crippen LogP contribution in [0.5, 0.6) is 5.88 Å². The highest BCUT2D eigenvalue weighted by molar-refractivity contribution is 5.45. The molecule has 3 nitrogen and oxygen atoms in total. The summed E-state index contributed by atoms with van der Waals surface area (Å²) in [5.41, 5.74) is 5.37. The van der Waals surface area contributed by atoms with Crippen LogP contribution in [0.25, 0.3) is 5.69 Å². The summed E-state index contributed by atoms with van der Waals surface area (Å²) in [6.07, 6.45) is 1.93. The molecule has 20 heavy (non-hydrogen) atoms. The molecule has 0 bridgehead atoms. The third kappa shape index (κ3) is 2.58. The van der Waals surface area contributed by atoms with E-state index in [1.54, 1.807) is 4.68 Å². The number of benzene rings is 1. The van der Waals surface area contributed by atoms with Crippen molar-refractivity contribution in [2.45, 2.75) is 53.4 Å². The van der Waals surface area contributed by atoms with Crippen LogP contribution in [-0.2, 0) is 6.42 Å². The second-order valence-corrected chi connectivity index (χ2v) is 5.77. The molecule has 0 spiro atoms. The fourth-order valence-electron chi connectivity index (χ4n) is 2.52. The molecule has 108 valence electrons. The summed E-state index contributed by atoms with van der Waals surface area (Å²) >= 11 is 0. The highest BCUT2D eigenvalue weighted by Gasteiger charge is 2.20. The van der Waals surface area contributed by atoms with Gasteiger partial charge in [0.05, 0.1) is 11.4 Å². The molecule has 2 aromatic rings. The highest BCUT2D eigenvalue weighted by atomic mass is 16.3. The molecule has 0 aliphatic carbocycles.